The van der Waals surface area contributed by atoms with Crippen LogP contribution in [0.1, 0.15) is 0 Å². The Kier molecular flexibility index (Phi) is 3.12. The van der Waals surface area contributed by atoms with Gasteiger partial charge in [-0.1, -0.05) is 35.9 Å². The average Bonchev–Trinajstić information content (AvgIpc) is 2.71. The molecule has 0 heterocycles. The van der Waals surface area contributed by atoms with E-state index in [4.69, 9.17) is 11.6 Å². The van der Waals surface area contributed by atoms with Gasteiger partial charge in [0.1, 0.15) is 0 Å². The highest BCUT2D eigenvalue weighted by molar-refractivity contribution is 6.30. The third-order valence-corrected chi connectivity index (χ3v) is 2.83. The molecule has 0 atom stereocenters. The molecule has 0 aromatic heterocycles. The van der Waals surface area contributed by atoms with E-state index in [1.54, 1.807) is 0 Å². The van der Waals surface area contributed by atoms with Gasteiger partial charge in [-0.3, -0.25) is 0 Å². The zero-order valence-electron chi connectivity index (χ0n) is 8.73. The first-order valence-corrected chi connectivity index (χ1v) is 5.45. The Morgan fingerprint density at radius 3 is 2.33 bits per heavy atom. The number of anilines is 1. The van der Waals surface area contributed by atoms with Gasteiger partial charge >= 0.3 is 0 Å². The van der Waals surface area contributed by atoms with Gasteiger partial charge in [0, 0.05) is 30.2 Å². The zero-order chi connectivity index (χ0) is 10.7. The summed E-state index contributed by atoms with van der Waals surface area (Å²) >= 11 is 5.85. The van der Waals surface area contributed by atoms with E-state index in [-0.39, 0.29) is 0 Å². The number of halogens is 1. The van der Waals surface area contributed by atoms with E-state index in [1.165, 1.54) is 5.69 Å². The lowest BCUT2D eigenvalue weighted by Gasteiger charge is -2.21. The second-order valence-electron chi connectivity index (χ2n) is 3.79. The van der Waals surface area contributed by atoms with Crippen molar-refractivity contribution >= 4 is 17.3 Å². The lowest BCUT2D eigenvalue weighted by atomic mass is 10.1. The van der Waals surface area contributed by atoms with E-state index in [9.17, 15) is 0 Å². The van der Waals surface area contributed by atoms with Crippen molar-refractivity contribution in [3.05, 3.63) is 53.6 Å². The molecule has 0 saturated heterocycles. The molecule has 2 rings (SSSR count). The van der Waals surface area contributed by atoms with E-state index in [0.717, 1.165) is 11.6 Å². The summed E-state index contributed by atoms with van der Waals surface area (Å²) in [6.45, 7) is 1.01. The van der Waals surface area contributed by atoms with Gasteiger partial charge in [-0.15, -0.1) is 0 Å². The molecule has 0 saturated carbocycles. The van der Waals surface area contributed by atoms with Gasteiger partial charge < -0.3 is 4.90 Å². The van der Waals surface area contributed by atoms with Crippen LogP contribution in [0.3, 0.4) is 0 Å². The van der Waals surface area contributed by atoms with Gasteiger partial charge in [0.2, 0.25) is 0 Å². The summed E-state index contributed by atoms with van der Waals surface area (Å²) in [5.41, 5.74) is 1.20. The summed E-state index contributed by atoms with van der Waals surface area (Å²) in [4.78, 5) is 2.24. The summed E-state index contributed by atoms with van der Waals surface area (Å²) in [5.74, 6) is 0.533. The van der Waals surface area contributed by atoms with Crippen LogP contribution in [0.2, 0.25) is 5.02 Å². The first kappa shape index (κ1) is 10.3. The molecule has 1 aromatic rings. The number of hydrogen-bond donors (Lipinski definition) is 0. The van der Waals surface area contributed by atoms with Crippen LogP contribution in [0, 0.1) is 5.92 Å². The molecule has 0 radical (unpaired) electrons. The van der Waals surface area contributed by atoms with E-state index in [1.807, 2.05) is 24.3 Å². The summed E-state index contributed by atoms with van der Waals surface area (Å²) in [5, 5.41) is 0.785. The molecular weight excluding hydrogens is 206 g/mol. The molecule has 1 aliphatic rings. The Morgan fingerprint density at radius 1 is 1.13 bits per heavy atom. The molecule has 2 heteroatoms. The SMILES string of the molecule is CN(CC1C=CC=C1)c1ccc(Cl)cc1. The summed E-state index contributed by atoms with van der Waals surface area (Å²) in [7, 11) is 2.10. The summed E-state index contributed by atoms with van der Waals surface area (Å²) in [6, 6.07) is 7.94. The lowest BCUT2D eigenvalue weighted by molar-refractivity contribution is 0.776. The van der Waals surface area contributed by atoms with Crippen LogP contribution in [0.5, 0.6) is 0 Å². The van der Waals surface area contributed by atoms with E-state index in [0.29, 0.717) is 5.92 Å². The number of allylic oxidation sites excluding steroid dienone is 2. The largest absolute Gasteiger partial charge is 0.374 e. The maximum absolute atomic E-state index is 5.85. The Balaban J connectivity index is 2.01. The Hall–Kier alpha value is -1.21. The minimum Gasteiger partial charge on any atom is -0.374 e. The van der Waals surface area contributed by atoms with Gasteiger partial charge in [0.15, 0.2) is 0 Å². The summed E-state index contributed by atoms with van der Waals surface area (Å²) < 4.78 is 0. The molecule has 0 spiro atoms. The topological polar surface area (TPSA) is 3.24 Å². The van der Waals surface area contributed by atoms with Crippen molar-refractivity contribution in [2.75, 3.05) is 18.5 Å². The standard InChI is InChI=1S/C13H14ClN/c1-15(10-11-4-2-3-5-11)13-8-6-12(14)7-9-13/h2-9,11H,10H2,1H3. The number of rotatable bonds is 3. The molecule has 15 heavy (non-hydrogen) atoms. The molecule has 0 aliphatic heterocycles. The van der Waals surface area contributed by atoms with Crippen LogP contribution in [0.15, 0.2) is 48.6 Å². The zero-order valence-corrected chi connectivity index (χ0v) is 9.48. The highest BCUT2D eigenvalue weighted by Crippen LogP contribution is 2.19. The van der Waals surface area contributed by atoms with Crippen LogP contribution in [-0.2, 0) is 0 Å². The van der Waals surface area contributed by atoms with Gasteiger partial charge in [0.25, 0.3) is 0 Å². The van der Waals surface area contributed by atoms with Gasteiger partial charge in [-0.25, -0.2) is 0 Å². The Labute approximate surface area is 95.7 Å². The molecule has 1 nitrogen and oxygen atoms in total. The molecule has 78 valence electrons. The van der Waals surface area contributed by atoms with Gasteiger partial charge in [-0.05, 0) is 24.3 Å². The van der Waals surface area contributed by atoms with Gasteiger partial charge in [0.05, 0.1) is 0 Å². The minimum absolute atomic E-state index is 0.533. The maximum Gasteiger partial charge on any atom is 0.0407 e. The molecular formula is C13H14ClN. The maximum atomic E-state index is 5.85. The average molecular weight is 220 g/mol. The van der Waals surface area contributed by atoms with Crippen LogP contribution in [0.25, 0.3) is 0 Å². The van der Waals surface area contributed by atoms with Crippen LogP contribution >= 0.6 is 11.6 Å². The van der Waals surface area contributed by atoms with E-state index in [2.05, 4.69) is 36.3 Å². The first-order chi connectivity index (χ1) is 7.25. The molecule has 1 aromatic carbocycles. The van der Waals surface area contributed by atoms with Crippen molar-refractivity contribution in [2.45, 2.75) is 0 Å². The third kappa shape index (κ3) is 2.63. The van der Waals surface area contributed by atoms with Crippen LogP contribution < -0.4 is 4.90 Å². The van der Waals surface area contributed by atoms with Crippen molar-refractivity contribution in [2.24, 2.45) is 5.92 Å². The van der Waals surface area contributed by atoms with Crippen molar-refractivity contribution < 1.29 is 0 Å². The quantitative estimate of drug-likeness (QED) is 0.752. The predicted octanol–water partition coefficient (Wildman–Crippen LogP) is 3.52. The third-order valence-electron chi connectivity index (χ3n) is 2.58. The molecule has 0 fully saturated rings. The van der Waals surface area contributed by atoms with Crippen molar-refractivity contribution in [3.8, 4) is 0 Å². The Bertz CT molecular complexity index is 366. The molecule has 0 amide bonds. The van der Waals surface area contributed by atoms with Gasteiger partial charge in [-0.2, -0.15) is 0 Å². The molecule has 0 N–H and O–H groups in total. The predicted molar refractivity (Wildman–Crippen MR) is 66.5 cm³/mol. The molecule has 0 unspecified atom stereocenters. The minimum atomic E-state index is 0.533. The highest BCUT2D eigenvalue weighted by atomic mass is 35.5. The Morgan fingerprint density at radius 2 is 1.73 bits per heavy atom. The number of benzene rings is 1. The molecule has 1 aliphatic carbocycles. The smallest absolute Gasteiger partial charge is 0.0407 e. The van der Waals surface area contributed by atoms with E-state index >= 15 is 0 Å². The van der Waals surface area contributed by atoms with Crippen molar-refractivity contribution in [1.82, 2.24) is 0 Å². The summed E-state index contributed by atoms with van der Waals surface area (Å²) in [6.07, 6.45) is 8.62. The monoisotopic (exact) mass is 219 g/mol. The molecule has 0 bridgehead atoms. The normalized spacial score (nSPS) is 14.8. The fraction of sp³-hybridized carbons (Fsp3) is 0.231. The first-order valence-electron chi connectivity index (χ1n) is 5.07. The van der Waals surface area contributed by atoms with E-state index < -0.39 is 0 Å². The van der Waals surface area contributed by atoms with Crippen molar-refractivity contribution in [1.29, 1.82) is 0 Å². The van der Waals surface area contributed by atoms with Crippen LogP contribution in [0.4, 0.5) is 5.69 Å². The lowest BCUT2D eigenvalue weighted by Crippen LogP contribution is -2.22. The number of hydrogen-bond acceptors (Lipinski definition) is 1. The fourth-order valence-corrected chi connectivity index (χ4v) is 1.84. The highest BCUT2D eigenvalue weighted by Gasteiger charge is 2.08. The second kappa shape index (κ2) is 4.54. The van der Waals surface area contributed by atoms with Crippen LogP contribution in [-0.4, -0.2) is 13.6 Å². The second-order valence-corrected chi connectivity index (χ2v) is 4.23. The number of nitrogens with zero attached hydrogens (tertiary/aromatic N) is 1. The van der Waals surface area contributed by atoms with Crippen molar-refractivity contribution in [3.63, 3.8) is 0 Å². The fourth-order valence-electron chi connectivity index (χ4n) is 1.72.